The number of rotatable bonds is 6. The number of hydrogen-bond acceptors (Lipinski definition) is 6. The molecule has 4 aromatic rings. The molecular weight excluding hydrogens is 423 g/mol. The molecule has 0 aliphatic heterocycles. The van der Waals surface area contributed by atoms with Crippen LogP contribution >= 0.6 is 0 Å². The van der Waals surface area contributed by atoms with E-state index < -0.39 is 24.0 Å². The topological polar surface area (TPSA) is 110 Å². The van der Waals surface area contributed by atoms with Gasteiger partial charge in [-0.2, -0.15) is 10.4 Å². The van der Waals surface area contributed by atoms with Crippen molar-refractivity contribution in [1.29, 1.82) is 5.26 Å². The molecule has 0 spiro atoms. The van der Waals surface area contributed by atoms with Crippen LogP contribution in [0.3, 0.4) is 0 Å². The van der Waals surface area contributed by atoms with E-state index in [4.69, 9.17) is 0 Å². The highest BCUT2D eigenvalue weighted by molar-refractivity contribution is 5.44. The maximum absolute atomic E-state index is 13.7. The Kier molecular flexibility index (Phi) is 6.11. The summed E-state index contributed by atoms with van der Waals surface area (Å²) in [4.78, 5) is 21.3. The number of aromatic nitrogens is 5. The summed E-state index contributed by atoms with van der Waals surface area (Å²) in [6.45, 7) is 3.38. The molecule has 4 rings (SSSR count). The summed E-state index contributed by atoms with van der Waals surface area (Å²) in [5.41, 5.74) is 3.94. The Morgan fingerprint density at radius 3 is 2.67 bits per heavy atom. The second-order valence-corrected chi connectivity index (χ2v) is 7.77. The zero-order chi connectivity index (χ0) is 23.5. The fourth-order valence-electron chi connectivity index (χ4n) is 3.78. The van der Waals surface area contributed by atoms with Crippen LogP contribution in [0.1, 0.15) is 39.7 Å². The van der Waals surface area contributed by atoms with E-state index in [1.807, 2.05) is 48.9 Å². The quantitative estimate of drug-likeness (QED) is 0.490. The molecule has 0 fully saturated rings. The standard InChI is InChI=1S/C24H21FN6O2/c1-15-5-17(3-4-22(15)30-12-16(2)28-14-30)6-18-8-21(9-26)29-31(24(18)33)23(13-32)19-7-20(25)11-27-10-19/h3-5,7-8,10-12,14,23,32H,6,13H2,1-2H3/t23-/m0/s1. The monoisotopic (exact) mass is 444 g/mol. The Labute approximate surface area is 189 Å². The van der Waals surface area contributed by atoms with Crippen molar-refractivity contribution in [1.82, 2.24) is 24.3 Å². The Balaban J connectivity index is 1.72. The van der Waals surface area contributed by atoms with Gasteiger partial charge in [0, 0.05) is 35.6 Å². The minimum atomic E-state index is -0.971. The molecule has 1 N–H and O–H groups in total. The average molecular weight is 444 g/mol. The van der Waals surface area contributed by atoms with Crippen molar-refractivity contribution in [2.45, 2.75) is 26.3 Å². The molecule has 1 atom stereocenters. The fourth-order valence-corrected chi connectivity index (χ4v) is 3.78. The molecule has 33 heavy (non-hydrogen) atoms. The van der Waals surface area contributed by atoms with Gasteiger partial charge in [0.15, 0.2) is 5.69 Å². The van der Waals surface area contributed by atoms with Gasteiger partial charge < -0.3 is 9.67 Å². The number of nitrogens with zero attached hydrogens (tertiary/aromatic N) is 6. The molecular formula is C24H21FN6O2. The highest BCUT2D eigenvalue weighted by Crippen LogP contribution is 2.20. The van der Waals surface area contributed by atoms with E-state index in [9.17, 15) is 19.6 Å². The molecule has 0 aliphatic rings. The first-order valence-electron chi connectivity index (χ1n) is 10.2. The molecule has 0 saturated carbocycles. The lowest BCUT2D eigenvalue weighted by molar-refractivity contribution is 0.236. The Morgan fingerprint density at radius 1 is 1.21 bits per heavy atom. The van der Waals surface area contributed by atoms with Gasteiger partial charge in [-0.05, 0) is 43.2 Å². The molecule has 9 heteroatoms. The van der Waals surface area contributed by atoms with E-state index in [-0.39, 0.29) is 17.7 Å². The van der Waals surface area contributed by atoms with Gasteiger partial charge in [-0.3, -0.25) is 9.78 Å². The smallest absolute Gasteiger partial charge is 0.271 e. The first kappa shape index (κ1) is 22.0. The number of aliphatic hydroxyl groups excluding tert-OH is 1. The summed E-state index contributed by atoms with van der Waals surface area (Å²) in [7, 11) is 0. The normalized spacial score (nSPS) is 11.8. The van der Waals surface area contributed by atoms with Crippen molar-refractivity contribution >= 4 is 0 Å². The van der Waals surface area contributed by atoms with Crippen LogP contribution in [-0.2, 0) is 6.42 Å². The van der Waals surface area contributed by atoms with Crippen molar-refractivity contribution in [2.24, 2.45) is 0 Å². The van der Waals surface area contributed by atoms with Crippen molar-refractivity contribution in [3.63, 3.8) is 0 Å². The third kappa shape index (κ3) is 4.56. The minimum absolute atomic E-state index is 0.0228. The van der Waals surface area contributed by atoms with Crippen molar-refractivity contribution in [3.05, 3.63) is 105 Å². The van der Waals surface area contributed by atoms with Crippen LogP contribution in [-0.4, -0.2) is 36.0 Å². The third-order valence-corrected chi connectivity index (χ3v) is 5.35. The molecule has 3 heterocycles. The number of hydrogen-bond donors (Lipinski definition) is 1. The maximum atomic E-state index is 13.7. The summed E-state index contributed by atoms with van der Waals surface area (Å²) in [5.74, 6) is -0.598. The molecule has 1 aromatic carbocycles. The SMILES string of the molecule is Cc1cn(-c2ccc(Cc3cc(C#N)nn([C@@H](CO)c4cncc(F)c4)c3=O)cc2C)cn1. The Bertz CT molecular complexity index is 1420. The highest BCUT2D eigenvalue weighted by Gasteiger charge is 2.20. The molecule has 0 amide bonds. The molecule has 0 radical (unpaired) electrons. The highest BCUT2D eigenvalue weighted by atomic mass is 19.1. The molecule has 3 aromatic heterocycles. The van der Waals surface area contributed by atoms with Gasteiger partial charge in [0.05, 0.1) is 24.8 Å². The summed E-state index contributed by atoms with van der Waals surface area (Å²) in [5, 5.41) is 23.4. The summed E-state index contributed by atoms with van der Waals surface area (Å²) in [6, 6.07) is 9.44. The first-order chi connectivity index (χ1) is 15.9. The molecule has 166 valence electrons. The van der Waals surface area contributed by atoms with Crippen LogP contribution < -0.4 is 5.56 Å². The molecule has 0 bridgehead atoms. The summed E-state index contributed by atoms with van der Waals surface area (Å²) < 4.78 is 16.6. The molecule has 8 nitrogen and oxygen atoms in total. The van der Waals surface area contributed by atoms with Gasteiger partial charge in [0.1, 0.15) is 17.9 Å². The number of halogens is 1. The van der Waals surface area contributed by atoms with E-state index in [0.717, 1.165) is 33.4 Å². The second kappa shape index (κ2) is 9.14. The van der Waals surface area contributed by atoms with Gasteiger partial charge in [-0.15, -0.1) is 0 Å². The predicted octanol–water partition coefficient (Wildman–Crippen LogP) is 2.62. The average Bonchev–Trinajstić information content (AvgIpc) is 3.22. The summed E-state index contributed by atoms with van der Waals surface area (Å²) >= 11 is 0. The number of aliphatic hydroxyl groups is 1. The number of benzene rings is 1. The maximum Gasteiger partial charge on any atom is 0.271 e. The first-order valence-corrected chi connectivity index (χ1v) is 10.2. The van der Waals surface area contributed by atoms with Crippen molar-refractivity contribution in [2.75, 3.05) is 6.61 Å². The van der Waals surface area contributed by atoms with Gasteiger partial charge in [0.2, 0.25) is 0 Å². The van der Waals surface area contributed by atoms with Gasteiger partial charge in [0.25, 0.3) is 5.56 Å². The van der Waals surface area contributed by atoms with Crippen LogP contribution in [0.2, 0.25) is 0 Å². The van der Waals surface area contributed by atoms with Gasteiger partial charge in [-0.1, -0.05) is 12.1 Å². The van der Waals surface area contributed by atoms with Crippen LogP contribution in [0, 0.1) is 31.0 Å². The lowest BCUT2D eigenvalue weighted by Gasteiger charge is -2.18. The number of aryl methyl sites for hydroxylation is 2. The Morgan fingerprint density at radius 2 is 2.03 bits per heavy atom. The van der Waals surface area contributed by atoms with E-state index in [2.05, 4.69) is 15.1 Å². The van der Waals surface area contributed by atoms with E-state index in [1.54, 1.807) is 6.33 Å². The number of imidazole rings is 1. The third-order valence-electron chi connectivity index (χ3n) is 5.35. The second-order valence-electron chi connectivity index (χ2n) is 7.77. The van der Waals surface area contributed by atoms with Crippen LogP contribution in [0.25, 0.3) is 5.69 Å². The van der Waals surface area contributed by atoms with Crippen LogP contribution in [0.5, 0.6) is 0 Å². The van der Waals surface area contributed by atoms with Crippen molar-refractivity contribution < 1.29 is 9.50 Å². The van der Waals surface area contributed by atoms with Crippen molar-refractivity contribution in [3.8, 4) is 11.8 Å². The predicted molar refractivity (Wildman–Crippen MR) is 118 cm³/mol. The molecule has 0 saturated heterocycles. The number of pyridine rings is 1. The number of nitriles is 1. The summed E-state index contributed by atoms with van der Waals surface area (Å²) in [6.07, 6.45) is 6.33. The van der Waals surface area contributed by atoms with Crippen LogP contribution in [0.4, 0.5) is 4.39 Å². The van der Waals surface area contributed by atoms with E-state index >= 15 is 0 Å². The van der Waals surface area contributed by atoms with E-state index in [0.29, 0.717) is 5.56 Å². The van der Waals surface area contributed by atoms with E-state index in [1.165, 1.54) is 18.3 Å². The largest absolute Gasteiger partial charge is 0.394 e. The van der Waals surface area contributed by atoms with Gasteiger partial charge in [-0.25, -0.2) is 14.1 Å². The molecule has 0 unspecified atom stereocenters. The lowest BCUT2D eigenvalue weighted by Crippen LogP contribution is -2.33. The minimum Gasteiger partial charge on any atom is -0.394 e. The lowest BCUT2D eigenvalue weighted by atomic mass is 10.0. The van der Waals surface area contributed by atoms with Gasteiger partial charge >= 0.3 is 0 Å². The molecule has 0 aliphatic carbocycles. The fraction of sp³-hybridized carbons (Fsp3) is 0.208. The zero-order valence-electron chi connectivity index (χ0n) is 18.1. The Hall–Kier alpha value is -4.16. The zero-order valence-corrected chi connectivity index (χ0v) is 18.1. The van der Waals surface area contributed by atoms with Crippen LogP contribution in [0.15, 0.2) is 60.0 Å².